The largest absolute Gasteiger partial charge is 0.464 e. The second-order valence-corrected chi connectivity index (χ2v) is 4.79. The first-order chi connectivity index (χ1) is 11.1. The van der Waals surface area contributed by atoms with Gasteiger partial charge < -0.3 is 9.84 Å². The Morgan fingerprint density at radius 3 is 2.70 bits per heavy atom. The number of fused-ring (bicyclic) bond motifs is 3. The van der Waals surface area contributed by atoms with Gasteiger partial charge in [0.05, 0.1) is 12.6 Å². The lowest BCUT2D eigenvalue weighted by atomic mass is 10.1. The Labute approximate surface area is 130 Å². The lowest BCUT2D eigenvalue weighted by molar-refractivity contribution is 0.169. The molecule has 0 spiro atoms. The normalized spacial score (nSPS) is 10.9. The Kier molecular flexibility index (Phi) is 3.57. The number of carbonyl (C=O) groups excluding carboxylic acids is 1. The molecule has 2 heterocycles. The highest BCUT2D eigenvalue weighted by molar-refractivity contribution is 6.16. The van der Waals surface area contributed by atoms with Crippen LogP contribution in [0.1, 0.15) is 6.92 Å². The van der Waals surface area contributed by atoms with Crippen molar-refractivity contribution in [3.8, 4) is 0 Å². The average molecular weight is 314 g/mol. The first-order valence-electron chi connectivity index (χ1n) is 6.93. The number of aryl methyl sites for hydroxylation is 1. The molecular weight excluding hydrogens is 300 g/mol. The van der Waals surface area contributed by atoms with Gasteiger partial charge in [0.1, 0.15) is 5.52 Å². The summed E-state index contributed by atoms with van der Waals surface area (Å²) in [5.74, 6) is -0.0646. The third-order valence-corrected chi connectivity index (χ3v) is 3.48. The summed E-state index contributed by atoms with van der Waals surface area (Å²) in [6, 6.07) is 7.28. The smallest absolute Gasteiger partial charge is 0.425 e. The van der Waals surface area contributed by atoms with Crippen LogP contribution < -0.4 is 4.90 Å². The van der Waals surface area contributed by atoms with Gasteiger partial charge in [0.2, 0.25) is 0 Å². The molecule has 0 atom stereocenters. The van der Waals surface area contributed by atoms with Crippen molar-refractivity contribution in [3.63, 3.8) is 0 Å². The van der Waals surface area contributed by atoms with Gasteiger partial charge in [-0.25, -0.2) is 14.6 Å². The predicted molar refractivity (Wildman–Crippen MR) is 83.6 cm³/mol. The number of para-hydroxylation sites is 1. The summed E-state index contributed by atoms with van der Waals surface area (Å²) in [5, 5.41) is 15.3. The van der Waals surface area contributed by atoms with Crippen LogP contribution in [-0.2, 0) is 11.3 Å². The number of hydrogen-bond donors (Lipinski definition) is 1. The Morgan fingerprint density at radius 1 is 1.30 bits per heavy atom. The van der Waals surface area contributed by atoms with Gasteiger partial charge in [-0.05, 0) is 13.0 Å². The Bertz CT molecular complexity index is 918. The molecule has 2 amide bonds. The fourth-order valence-corrected chi connectivity index (χ4v) is 2.41. The Hall–Kier alpha value is -3.16. The van der Waals surface area contributed by atoms with Crippen LogP contribution in [0.4, 0.5) is 15.4 Å². The summed E-state index contributed by atoms with van der Waals surface area (Å²) in [7, 11) is 1.11. The minimum absolute atomic E-state index is 0.0646. The molecule has 0 unspecified atom stereocenters. The molecule has 0 bridgehead atoms. The number of anilines is 1. The topological polar surface area (TPSA) is 97.6 Å². The molecule has 1 aromatic carbocycles. The highest BCUT2D eigenvalue weighted by Crippen LogP contribution is 2.30. The lowest BCUT2D eigenvalue weighted by Gasteiger charge is -2.15. The van der Waals surface area contributed by atoms with E-state index in [1.165, 1.54) is 0 Å². The number of nitrogens with zero attached hydrogens (tertiary/aromatic N) is 4. The van der Waals surface area contributed by atoms with Crippen LogP contribution >= 0.6 is 0 Å². The molecule has 23 heavy (non-hydrogen) atoms. The number of carbonyl (C=O) groups is 2. The molecule has 8 nitrogen and oxygen atoms in total. The number of methoxy groups -OCH3 is 1. The fourth-order valence-electron chi connectivity index (χ4n) is 2.41. The summed E-state index contributed by atoms with van der Waals surface area (Å²) in [5.41, 5.74) is 0.902. The van der Waals surface area contributed by atoms with Crippen molar-refractivity contribution in [1.82, 2.24) is 14.8 Å². The minimum Gasteiger partial charge on any atom is -0.464 e. The third kappa shape index (κ3) is 2.33. The standard InChI is InChI=1S/C15H14N4O4/c1-3-18-8-10-9-6-4-5-7-11(9)16-13(12(10)17-18)19(14(20)21)15(22)23-2/h4-8H,3H2,1-2H3,(H,20,21). The van der Waals surface area contributed by atoms with Crippen molar-refractivity contribution in [1.29, 1.82) is 0 Å². The maximum Gasteiger partial charge on any atom is 0.425 e. The summed E-state index contributed by atoms with van der Waals surface area (Å²) >= 11 is 0. The minimum atomic E-state index is -1.48. The molecule has 3 rings (SSSR count). The quantitative estimate of drug-likeness (QED) is 0.781. The number of aromatic nitrogens is 3. The maximum atomic E-state index is 11.9. The van der Waals surface area contributed by atoms with Gasteiger partial charge in [-0.3, -0.25) is 4.68 Å². The average Bonchev–Trinajstić information content (AvgIpc) is 2.99. The van der Waals surface area contributed by atoms with E-state index in [-0.39, 0.29) is 5.82 Å². The molecule has 8 heteroatoms. The fraction of sp³-hybridized carbons (Fsp3) is 0.200. The molecule has 0 fully saturated rings. The summed E-state index contributed by atoms with van der Waals surface area (Å²) < 4.78 is 6.22. The first-order valence-corrected chi connectivity index (χ1v) is 6.93. The van der Waals surface area contributed by atoms with Crippen molar-refractivity contribution in [2.24, 2.45) is 0 Å². The zero-order valence-corrected chi connectivity index (χ0v) is 12.6. The van der Waals surface area contributed by atoms with Crippen LogP contribution in [0.25, 0.3) is 21.8 Å². The number of rotatable bonds is 2. The maximum absolute atomic E-state index is 11.9. The SMILES string of the molecule is CCn1cc2c(n1)c(N(C(=O)O)C(=O)OC)nc1ccccc12. The van der Waals surface area contributed by atoms with Crippen LogP contribution in [0.5, 0.6) is 0 Å². The molecule has 0 aliphatic rings. The van der Waals surface area contributed by atoms with Gasteiger partial charge in [-0.2, -0.15) is 10.00 Å². The van der Waals surface area contributed by atoms with E-state index in [2.05, 4.69) is 14.8 Å². The highest BCUT2D eigenvalue weighted by Gasteiger charge is 2.29. The third-order valence-electron chi connectivity index (χ3n) is 3.48. The zero-order chi connectivity index (χ0) is 16.6. The number of benzene rings is 1. The van der Waals surface area contributed by atoms with E-state index in [9.17, 15) is 14.7 Å². The van der Waals surface area contributed by atoms with Crippen molar-refractivity contribution in [2.75, 3.05) is 12.0 Å². The number of carboxylic acid groups (broad SMARTS) is 1. The molecule has 0 saturated heterocycles. The van der Waals surface area contributed by atoms with E-state index in [0.29, 0.717) is 22.5 Å². The monoisotopic (exact) mass is 314 g/mol. The molecule has 3 aromatic rings. The number of ether oxygens (including phenoxy) is 1. The van der Waals surface area contributed by atoms with E-state index in [4.69, 9.17) is 0 Å². The molecule has 0 aliphatic carbocycles. The molecular formula is C15H14N4O4. The molecule has 2 aromatic heterocycles. The highest BCUT2D eigenvalue weighted by atomic mass is 16.6. The lowest BCUT2D eigenvalue weighted by Crippen LogP contribution is -2.36. The Morgan fingerprint density at radius 2 is 2.04 bits per heavy atom. The van der Waals surface area contributed by atoms with Crippen LogP contribution in [0.15, 0.2) is 30.5 Å². The zero-order valence-electron chi connectivity index (χ0n) is 12.6. The van der Waals surface area contributed by atoms with E-state index in [1.54, 1.807) is 23.0 Å². The molecule has 0 radical (unpaired) electrons. The van der Waals surface area contributed by atoms with Crippen molar-refractivity contribution in [3.05, 3.63) is 30.5 Å². The number of hydrogen-bond acceptors (Lipinski definition) is 5. The summed E-state index contributed by atoms with van der Waals surface area (Å²) in [6.07, 6.45) is -0.709. The van der Waals surface area contributed by atoms with Gasteiger partial charge in [-0.1, -0.05) is 18.2 Å². The van der Waals surface area contributed by atoms with Gasteiger partial charge in [0.15, 0.2) is 5.82 Å². The van der Waals surface area contributed by atoms with Gasteiger partial charge in [0, 0.05) is 23.5 Å². The molecule has 1 N–H and O–H groups in total. The van der Waals surface area contributed by atoms with E-state index in [1.807, 2.05) is 19.1 Å². The van der Waals surface area contributed by atoms with Crippen LogP contribution in [0, 0.1) is 0 Å². The van der Waals surface area contributed by atoms with Crippen LogP contribution in [0.3, 0.4) is 0 Å². The van der Waals surface area contributed by atoms with Crippen molar-refractivity contribution >= 4 is 39.8 Å². The van der Waals surface area contributed by atoms with Gasteiger partial charge >= 0.3 is 12.2 Å². The number of imide groups is 1. The van der Waals surface area contributed by atoms with Crippen LogP contribution in [0.2, 0.25) is 0 Å². The van der Waals surface area contributed by atoms with E-state index < -0.39 is 12.2 Å². The van der Waals surface area contributed by atoms with Crippen molar-refractivity contribution < 1.29 is 19.4 Å². The molecule has 0 aliphatic heterocycles. The summed E-state index contributed by atoms with van der Waals surface area (Å²) in [6.45, 7) is 2.52. The summed E-state index contributed by atoms with van der Waals surface area (Å²) in [4.78, 5) is 28.1. The van der Waals surface area contributed by atoms with Crippen LogP contribution in [-0.4, -0.2) is 39.2 Å². The van der Waals surface area contributed by atoms with E-state index in [0.717, 1.165) is 17.9 Å². The van der Waals surface area contributed by atoms with Gasteiger partial charge in [0.25, 0.3) is 0 Å². The van der Waals surface area contributed by atoms with Crippen molar-refractivity contribution in [2.45, 2.75) is 13.5 Å². The molecule has 0 saturated carbocycles. The predicted octanol–water partition coefficient (Wildman–Crippen LogP) is 2.86. The number of amides is 2. The first kappa shape index (κ1) is 14.8. The second-order valence-electron chi connectivity index (χ2n) is 4.79. The molecule has 118 valence electrons. The van der Waals surface area contributed by atoms with Gasteiger partial charge in [-0.15, -0.1) is 0 Å². The number of pyridine rings is 1. The second kappa shape index (κ2) is 5.56. The Balaban J connectivity index is 2.39. The van der Waals surface area contributed by atoms with E-state index >= 15 is 0 Å².